The Morgan fingerprint density at radius 2 is 1.71 bits per heavy atom. The molecule has 0 spiro atoms. The van der Waals surface area contributed by atoms with Crippen LogP contribution in [0.15, 0.2) is 52.1 Å². The van der Waals surface area contributed by atoms with Crippen molar-refractivity contribution in [2.45, 2.75) is 52.0 Å². The fraction of sp³-hybridized carbons (Fsp3) is 0.375. The monoisotopic (exact) mass is 701 g/mol. The maximum absolute atomic E-state index is 13.2. The largest absolute Gasteiger partial charge is 0.406 e. The van der Waals surface area contributed by atoms with Crippen molar-refractivity contribution >= 4 is 21.9 Å². The van der Waals surface area contributed by atoms with Crippen LogP contribution in [-0.2, 0) is 26.1 Å². The van der Waals surface area contributed by atoms with E-state index in [0.717, 1.165) is 23.0 Å². The van der Waals surface area contributed by atoms with Gasteiger partial charge in [-0.1, -0.05) is 25.1 Å². The van der Waals surface area contributed by atoms with E-state index in [4.69, 9.17) is 4.98 Å². The fourth-order valence-electron chi connectivity index (χ4n) is 4.18. The van der Waals surface area contributed by atoms with Gasteiger partial charge < -0.3 is 9.67 Å². The number of aryl methyl sites for hydroxylation is 2. The molecule has 2 aromatic heterocycles. The molecule has 0 saturated heterocycles. The van der Waals surface area contributed by atoms with Crippen LogP contribution < -0.4 is 11.2 Å². The topological polar surface area (TPSA) is 82.0 Å². The van der Waals surface area contributed by atoms with Crippen molar-refractivity contribution in [3.8, 4) is 0 Å². The van der Waals surface area contributed by atoms with Crippen LogP contribution in [0.25, 0.3) is 21.9 Å². The number of aromatic nitrogens is 4. The van der Waals surface area contributed by atoms with E-state index in [1.165, 1.54) is 10.6 Å². The summed E-state index contributed by atoms with van der Waals surface area (Å²) in [5, 5.41) is 9.22. The molecule has 1 N–H and O–H groups in total. The molecular weight excluding hydrogens is 676 g/mol. The van der Waals surface area contributed by atoms with Crippen molar-refractivity contribution in [1.82, 2.24) is 18.7 Å². The smallest absolute Gasteiger partial charge is 0.396 e. The number of aliphatic hydroxyl groups excluding tert-OH is 1. The van der Waals surface area contributed by atoms with Crippen LogP contribution in [0.4, 0.5) is 13.2 Å². The van der Waals surface area contributed by atoms with Gasteiger partial charge in [-0.15, -0.1) is 0 Å². The molecule has 1 radical (unpaired) electrons. The number of imidazole rings is 1. The van der Waals surface area contributed by atoms with E-state index < -0.39 is 24.0 Å². The van der Waals surface area contributed by atoms with E-state index in [1.807, 2.05) is 29.7 Å². The Balaban J connectivity index is 0.00000342. The van der Waals surface area contributed by atoms with E-state index in [-0.39, 0.29) is 72.7 Å². The van der Waals surface area contributed by atoms with Gasteiger partial charge in [0.25, 0.3) is 5.56 Å². The summed E-state index contributed by atoms with van der Waals surface area (Å²) in [7, 11) is 0. The first-order valence-corrected chi connectivity index (χ1v) is 11.1. The molecule has 0 aliphatic rings. The maximum atomic E-state index is 13.2. The quantitative estimate of drug-likeness (QED) is 0.286. The summed E-state index contributed by atoms with van der Waals surface area (Å²) in [6.45, 7) is 0.812. The number of alkyl halides is 3. The minimum atomic E-state index is -4.72. The predicted molar refractivity (Wildman–Crippen MR) is 123 cm³/mol. The number of unbranched alkanes of at least 4 members (excludes halogenated alkanes) is 1. The summed E-state index contributed by atoms with van der Waals surface area (Å²) in [6, 6.07) is 12.0. The van der Waals surface area contributed by atoms with Crippen molar-refractivity contribution < 1.29 is 62.3 Å². The SMILES string of the molecule is CCc1ccc2c(c1)nc(Cn1c(=O)n(CC(F)(F)F)c(=O)c3ccccc31)n2CCCCO.[Ac]. The van der Waals surface area contributed by atoms with Gasteiger partial charge in [-0.05, 0) is 49.1 Å². The second kappa shape index (κ2) is 11.4. The summed E-state index contributed by atoms with van der Waals surface area (Å²) in [5.74, 6) is 0.491. The molecule has 0 aliphatic heterocycles. The molecule has 0 unspecified atom stereocenters. The number of para-hydroxylation sites is 1. The third-order valence-corrected chi connectivity index (χ3v) is 5.86. The normalized spacial score (nSPS) is 11.8. The van der Waals surface area contributed by atoms with Crippen molar-refractivity contribution in [3.05, 3.63) is 74.7 Å². The minimum absolute atomic E-state index is 0. The Morgan fingerprint density at radius 3 is 2.40 bits per heavy atom. The first-order chi connectivity index (χ1) is 16.2. The fourth-order valence-corrected chi connectivity index (χ4v) is 4.18. The van der Waals surface area contributed by atoms with Gasteiger partial charge in [0.1, 0.15) is 12.4 Å². The molecule has 2 aromatic carbocycles. The third kappa shape index (κ3) is 5.89. The van der Waals surface area contributed by atoms with Gasteiger partial charge in [0, 0.05) is 57.2 Å². The number of rotatable bonds is 8. The van der Waals surface area contributed by atoms with E-state index in [9.17, 15) is 27.9 Å². The number of aliphatic hydroxyl groups is 1. The molecule has 0 bridgehead atoms. The van der Waals surface area contributed by atoms with Gasteiger partial charge in [0.15, 0.2) is 0 Å². The first kappa shape index (κ1) is 27.6. The molecule has 0 fully saturated rings. The third-order valence-electron chi connectivity index (χ3n) is 5.86. The molecule has 4 aromatic rings. The van der Waals surface area contributed by atoms with Crippen LogP contribution in [0.2, 0.25) is 0 Å². The van der Waals surface area contributed by atoms with Gasteiger partial charge in [0.05, 0.1) is 28.5 Å². The number of nitrogens with zero attached hydrogens (tertiary/aromatic N) is 4. The molecule has 0 amide bonds. The Labute approximate surface area is 234 Å². The minimum Gasteiger partial charge on any atom is -0.396 e. The molecule has 11 heteroatoms. The van der Waals surface area contributed by atoms with Crippen molar-refractivity contribution in [2.24, 2.45) is 0 Å². The number of halogens is 3. The summed E-state index contributed by atoms with van der Waals surface area (Å²) in [5.41, 5.74) is 0.882. The summed E-state index contributed by atoms with van der Waals surface area (Å²) in [4.78, 5) is 30.5. The maximum Gasteiger partial charge on any atom is 0.406 e. The van der Waals surface area contributed by atoms with Crippen LogP contribution in [0.1, 0.15) is 31.2 Å². The van der Waals surface area contributed by atoms with Crippen LogP contribution in [0, 0.1) is 44.1 Å². The zero-order valence-corrected chi connectivity index (χ0v) is 24.0. The standard InChI is InChI=1S/C24H25F3N4O3.Ac/c1-2-16-9-10-20-18(13-16)28-21(29(20)11-5-6-12-32)14-30-19-8-4-3-7-17(19)22(33)31(23(30)34)15-24(25,26)27;/h3-4,7-10,13,32H,2,5-6,11-12,14-15H2,1H3;. The zero-order valence-electron chi connectivity index (χ0n) is 19.3. The molecule has 0 saturated carbocycles. The molecule has 2 heterocycles. The van der Waals surface area contributed by atoms with Crippen LogP contribution in [0.5, 0.6) is 0 Å². The predicted octanol–water partition coefficient (Wildman–Crippen LogP) is 3.46. The van der Waals surface area contributed by atoms with Crippen molar-refractivity contribution in [1.29, 1.82) is 0 Å². The molecule has 7 nitrogen and oxygen atoms in total. The molecular formula is C24H25AcF3N4O3. The van der Waals surface area contributed by atoms with Gasteiger partial charge in [-0.2, -0.15) is 13.2 Å². The van der Waals surface area contributed by atoms with E-state index in [2.05, 4.69) is 0 Å². The first-order valence-electron chi connectivity index (χ1n) is 11.1. The Kier molecular flexibility index (Phi) is 9.00. The second-order valence-electron chi connectivity index (χ2n) is 8.18. The number of fused-ring (bicyclic) bond motifs is 2. The summed E-state index contributed by atoms with van der Waals surface area (Å²) in [6.07, 6.45) is -2.67. The summed E-state index contributed by atoms with van der Waals surface area (Å²) < 4.78 is 42.8. The van der Waals surface area contributed by atoms with Crippen LogP contribution in [-0.4, -0.2) is 36.6 Å². The summed E-state index contributed by atoms with van der Waals surface area (Å²) >= 11 is 0. The van der Waals surface area contributed by atoms with Crippen LogP contribution in [0.3, 0.4) is 0 Å². The molecule has 183 valence electrons. The molecule has 4 rings (SSSR count). The molecule has 35 heavy (non-hydrogen) atoms. The van der Waals surface area contributed by atoms with Gasteiger partial charge in [-0.25, -0.2) is 9.78 Å². The van der Waals surface area contributed by atoms with Gasteiger partial charge in [0.2, 0.25) is 0 Å². The van der Waals surface area contributed by atoms with E-state index >= 15 is 0 Å². The van der Waals surface area contributed by atoms with Gasteiger partial charge >= 0.3 is 11.9 Å². The average molecular weight is 701 g/mol. The average Bonchev–Trinajstić information content (AvgIpc) is 3.15. The van der Waals surface area contributed by atoms with Crippen molar-refractivity contribution in [2.75, 3.05) is 6.61 Å². The van der Waals surface area contributed by atoms with Crippen molar-refractivity contribution in [3.63, 3.8) is 0 Å². The molecule has 0 atom stereocenters. The Bertz CT molecular complexity index is 1460. The number of hydrogen-bond donors (Lipinski definition) is 1. The van der Waals surface area contributed by atoms with Gasteiger partial charge in [-0.3, -0.25) is 13.9 Å². The Morgan fingerprint density at radius 1 is 0.971 bits per heavy atom. The zero-order chi connectivity index (χ0) is 24.5. The number of hydrogen-bond acceptors (Lipinski definition) is 4. The number of benzene rings is 2. The van der Waals surface area contributed by atoms with E-state index in [0.29, 0.717) is 25.2 Å². The second-order valence-corrected chi connectivity index (χ2v) is 8.18. The van der Waals surface area contributed by atoms with E-state index in [1.54, 1.807) is 18.2 Å². The van der Waals surface area contributed by atoms with Crippen LogP contribution >= 0.6 is 0 Å². The molecule has 0 aliphatic carbocycles. The Hall–Kier alpha value is -1.96.